The molecule has 6 nitrogen and oxygen atoms in total. The number of ether oxygens (including phenoxy) is 1. The van der Waals surface area contributed by atoms with Gasteiger partial charge in [-0.05, 0) is 25.0 Å². The van der Waals surface area contributed by atoms with Crippen LogP contribution in [0.4, 0.5) is 0 Å². The van der Waals surface area contributed by atoms with E-state index in [0.717, 1.165) is 0 Å². The van der Waals surface area contributed by atoms with Crippen LogP contribution in [-0.2, 0) is 14.8 Å². The number of amides is 1. The summed E-state index contributed by atoms with van der Waals surface area (Å²) >= 11 is 0. The Kier molecular flexibility index (Phi) is 4.99. The minimum atomic E-state index is -3.37. The minimum absolute atomic E-state index is 0.0903. The standard InChI is InChI=1S/C16H22N2O4S/c19-16(14-5-2-1-3-6-14)17-8-4-7-15(13-17)23(20,21)18-9-11-22-12-10-18/h1-3,5-6,15H,4,7-13H2. The Morgan fingerprint density at radius 2 is 1.78 bits per heavy atom. The number of hydrogen-bond acceptors (Lipinski definition) is 4. The van der Waals surface area contributed by atoms with Crippen LogP contribution in [0.15, 0.2) is 30.3 Å². The highest BCUT2D eigenvalue weighted by molar-refractivity contribution is 7.89. The first-order chi connectivity index (χ1) is 11.1. The largest absolute Gasteiger partial charge is 0.379 e. The van der Waals surface area contributed by atoms with Gasteiger partial charge < -0.3 is 9.64 Å². The molecule has 126 valence electrons. The Labute approximate surface area is 137 Å². The van der Waals surface area contributed by atoms with Crippen LogP contribution in [0.25, 0.3) is 0 Å². The zero-order chi connectivity index (χ0) is 16.3. The first kappa shape index (κ1) is 16.4. The van der Waals surface area contributed by atoms with Crippen LogP contribution < -0.4 is 0 Å². The van der Waals surface area contributed by atoms with Crippen molar-refractivity contribution in [2.24, 2.45) is 0 Å². The molecule has 0 saturated carbocycles. The second-order valence-electron chi connectivity index (χ2n) is 5.94. The van der Waals surface area contributed by atoms with Gasteiger partial charge in [-0.3, -0.25) is 4.79 Å². The third-order valence-corrected chi connectivity index (χ3v) is 6.75. The molecule has 2 aliphatic rings. The lowest BCUT2D eigenvalue weighted by Crippen LogP contribution is -2.51. The number of rotatable bonds is 3. The van der Waals surface area contributed by atoms with Crippen molar-refractivity contribution in [3.63, 3.8) is 0 Å². The van der Waals surface area contributed by atoms with Gasteiger partial charge in [0.1, 0.15) is 0 Å². The SMILES string of the molecule is O=C(c1ccccc1)N1CCCC(S(=O)(=O)N2CCOCC2)C1. The van der Waals surface area contributed by atoms with Crippen molar-refractivity contribution in [3.05, 3.63) is 35.9 Å². The molecular weight excluding hydrogens is 316 g/mol. The Bertz CT molecular complexity index is 641. The number of nitrogens with zero attached hydrogens (tertiary/aromatic N) is 2. The maximum absolute atomic E-state index is 12.8. The van der Waals surface area contributed by atoms with Crippen molar-refractivity contribution in [1.29, 1.82) is 0 Å². The second-order valence-corrected chi connectivity index (χ2v) is 8.15. The van der Waals surface area contributed by atoms with Crippen molar-refractivity contribution in [2.75, 3.05) is 39.4 Å². The number of hydrogen-bond donors (Lipinski definition) is 0. The van der Waals surface area contributed by atoms with Crippen LogP contribution in [0.3, 0.4) is 0 Å². The smallest absolute Gasteiger partial charge is 0.253 e. The van der Waals surface area contributed by atoms with Gasteiger partial charge in [-0.25, -0.2) is 8.42 Å². The van der Waals surface area contributed by atoms with Gasteiger partial charge in [-0.15, -0.1) is 0 Å². The molecule has 1 atom stereocenters. The van der Waals surface area contributed by atoms with E-state index in [4.69, 9.17) is 4.74 Å². The number of likely N-dealkylation sites (tertiary alicyclic amines) is 1. The van der Waals surface area contributed by atoms with Crippen LogP contribution >= 0.6 is 0 Å². The van der Waals surface area contributed by atoms with Crippen LogP contribution in [0.1, 0.15) is 23.2 Å². The van der Waals surface area contributed by atoms with Gasteiger partial charge in [0, 0.05) is 31.7 Å². The molecule has 3 rings (SSSR count). The number of morpholine rings is 1. The van der Waals surface area contributed by atoms with Gasteiger partial charge in [0.25, 0.3) is 5.91 Å². The maximum atomic E-state index is 12.8. The van der Waals surface area contributed by atoms with Crippen LogP contribution in [0.5, 0.6) is 0 Å². The average molecular weight is 338 g/mol. The predicted octanol–water partition coefficient (Wildman–Crippen LogP) is 0.953. The summed E-state index contributed by atoms with van der Waals surface area (Å²) in [5.41, 5.74) is 0.608. The van der Waals surface area contributed by atoms with E-state index in [0.29, 0.717) is 51.3 Å². The summed E-state index contributed by atoms with van der Waals surface area (Å²) in [6, 6.07) is 9.03. The van der Waals surface area contributed by atoms with Gasteiger partial charge >= 0.3 is 0 Å². The van der Waals surface area contributed by atoms with E-state index in [-0.39, 0.29) is 12.5 Å². The molecule has 0 N–H and O–H groups in total. The van der Waals surface area contributed by atoms with E-state index in [1.54, 1.807) is 17.0 Å². The first-order valence-electron chi connectivity index (χ1n) is 8.00. The molecule has 1 aromatic carbocycles. The molecule has 1 aromatic rings. The van der Waals surface area contributed by atoms with Gasteiger partial charge in [0.15, 0.2) is 0 Å². The molecular formula is C16H22N2O4S. The number of piperidine rings is 1. The van der Waals surface area contributed by atoms with Gasteiger partial charge in [0.2, 0.25) is 10.0 Å². The lowest BCUT2D eigenvalue weighted by molar-refractivity contribution is 0.0686. The average Bonchev–Trinajstić information content (AvgIpc) is 2.62. The maximum Gasteiger partial charge on any atom is 0.253 e. The number of carbonyl (C=O) groups excluding carboxylic acids is 1. The normalized spacial score (nSPS) is 23.7. The number of benzene rings is 1. The summed E-state index contributed by atoms with van der Waals surface area (Å²) in [7, 11) is -3.37. The molecule has 1 amide bonds. The molecule has 1 unspecified atom stereocenters. The Balaban J connectivity index is 1.71. The molecule has 2 aliphatic heterocycles. The summed E-state index contributed by atoms with van der Waals surface area (Å²) in [5.74, 6) is -0.0903. The van der Waals surface area contributed by atoms with Gasteiger partial charge in [0.05, 0.1) is 18.5 Å². The van der Waals surface area contributed by atoms with E-state index in [2.05, 4.69) is 0 Å². The second kappa shape index (κ2) is 6.98. The van der Waals surface area contributed by atoms with E-state index in [1.165, 1.54) is 4.31 Å². The van der Waals surface area contributed by atoms with Crippen molar-refractivity contribution in [2.45, 2.75) is 18.1 Å². The lowest BCUT2D eigenvalue weighted by atomic mass is 10.1. The van der Waals surface area contributed by atoms with Crippen molar-refractivity contribution in [3.8, 4) is 0 Å². The molecule has 2 saturated heterocycles. The Morgan fingerprint density at radius 3 is 2.48 bits per heavy atom. The predicted molar refractivity (Wildman–Crippen MR) is 86.7 cm³/mol. The van der Waals surface area contributed by atoms with E-state index in [1.807, 2.05) is 18.2 Å². The zero-order valence-electron chi connectivity index (χ0n) is 13.1. The summed E-state index contributed by atoms with van der Waals surface area (Å²) in [6.07, 6.45) is 1.32. The van der Waals surface area contributed by atoms with Crippen LogP contribution in [0, 0.1) is 0 Å². The third-order valence-electron chi connectivity index (χ3n) is 4.44. The Hall–Kier alpha value is -1.44. The summed E-state index contributed by atoms with van der Waals surface area (Å²) in [6.45, 7) is 2.59. The minimum Gasteiger partial charge on any atom is -0.379 e. The van der Waals surface area contributed by atoms with Crippen molar-refractivity contribution in [1.82, 2.24) is 9.21 Å². The summed E-state index contributed by atoms with van der Waals surface area (Å²) in [5, 5.41) is -0.512. The van der Waals surface area contributed by atoms with E-state index >= 15 is 0 Å². The monoisotopic (exact) mass is 338 g/mol. The summed E-state index contributed by atoms with van der Waals surface area (Å²) < 4.78 is 32.3. The molecule has 2 fully saturated rings. The highest BCUT2D eigenvalue weighted by Crippen LogP contribution is 2.22. The number of sulfonamides is 1. The highest BCUT2D eigenvalue weighted by Gasteiger charge is 2.37. The Morgan fingerprint density at radius 1 is 1.09 bits per heavy atom. The molecule has 0 aromatic heterocycles. The molecule has 0 bridgehead atoms. The fourth-order valence-corrected chi connectivity index (χ4v) is 5.05. The number of carbonyl (C=O) groups is 1. The lowest BCUT2D eigenvalue weighted by Gasteiger charge is -2.36. The molecule has 0 spiro atoms. The molecule has 0 radical (unpaired) electrons. The van der Waals surface area contributed by atoms with Crippen molar-refractivity contribution >= 4 is 15.9 Å². The molecule has 23 heavy (non-hydrogen) atoms. The van der Waals surface area contributed by atoms with E-state index in [9.17, 15) is 13.2 Å². The fourth-order valence-electron chi connectivity index (χ4n) is 3.14. The van der Waals surface area contributed by atoms with Crippen LogP contribution in [-0.4, -0.2) is 68.2 Å². The van der Waals surface area contributed by atoms with E-state index < -0.39 is 15.3 Å². The summed E-state index contributed by atoms with van der Waals surface area (Å²) in [4.78, 5) is 14.2. The zero-order valence-corrected chi connectivity index (χ0v) is 13.9. The highest BCUT2D eigenvalue weighted by atomic mass is 32.2. The first-order valence-corrected chi connectivity index (χ1v) is 9.50. The molecule has 7 heteroatoms. The van der Waals surface area contributed by atoms with Gasteiger partial charge in [-0.2, -0.15) is 4.31 Å². The van der Waals surface area contributed by atoms with Crippen molar-refractivity contribution < 1.29 is 17.9 Å². The molecule has 2 heterocycles. The topological polar surface area (TPSA) is 66.9 Å². The van der Waals surface area contributed by atoms with Crippen LogP contribution in [0.2, 0.25) is 0 Å². The quantitative estimate of drug-likeness (QED) is 0.823. The third kappa shape index (κ3) is 3.57. The molecule has 0 aliphatic carbocycles. The van der Waals surface area contributed by atoms with Gasteiger partial charge in [-0.1, -0.05) is 18.2 Å². The fraction of sp³-hybridized carbons (Fsp3) is 0.562.